The molecule has 0 fully saturated rings. The monoisotopic (exact) mass is 299 g/mol. The molecule has 23 heavy (non-hydrogen) atoms. The van der Waals surface area contributed by atoms with Crippen molar-refractivity contribution in [3.63, 3.8) is 0 Å². The largest absolute Gasteiger partial charge is 0.378 e. The molecule has 3 heteroatoms. The zero-order valence-electron chi connectivity index (χ0n) is 12.7. The van der Waals surface area contributed by atoms with Crippen LogP contribution in [-0.2, 0) is 0 Å². The highest BCUT2D eigenvalue weighted by Gasteiger charge is 2.10. The fraction of sp³-hybridized carbons (Fsp3) is 0.100. The first-order chi connectivity index (χ1) is 11.4. The minimum atomic E-state index is 0.458. The van der Waals surface area contributed by atoms with E-state index in [9.17, 15) is 0 Å². The smallest absolute Gasteiger partial charge is 0.0722 e. The highest BCUT2D eigenvalue weighted by molar-refractivity contribution is 5.70. The van der Waals surface area contributed by atoms with E-state index < -0.39 is 0 Å². The fourth-order valence-corrected chi connectivity index (χ4v) is 2.65. The van der Waals surface area contributed by atoms with E-state index in [1.54, 1.807) is 0 Å². The molecule has 3 aromatic rings. The van der Waals surface area contributed by atoms with Crippen LogP contribution in [0, 0.1) is 0 Å². The Morgan fingerprint density at radius 3 is 2.22 bits per heavy atom. The van der Waals surface area contributed by atoms with Gasteiger partial charge in [-0.3, -0.25) is 9.97 Å². The van der Waals surface area contributed by atoms with E-state index in [4.69, 9.17) is 0 Å². The van der Waals surface area contributed by atoms with Crippen molar-refractivity contribution in [3.8, 4) is 22.4 Å². The van der Waals surface area contributed by atoms with Crippen LogP contribution in [0.3, 0.4) is 0 Å². The van der Waals surface area contributed by atoms with E-state index in [0.717, 1.165) is 23.4 Å². The van der Waals surface area contributed by atoms with Gasteiger partial charge >= 0.3 is 0 Å². The van der Waals surface area contributed by atoms with E-state index in [1.807, 2.05) is 36.8 Å². The molecule has 0 amide bonds. The van der Waals surface area contributed by atoms with Crippen molar-refractivity contribution in [1.29, 1.82) is 0 Å². The number of aromatic nitrogens is 2. The number of benzene rings is 1. The van der Waals surface area contributed by atoms with Gasteiger partial charge in [0.2, 0.25) is 0 Å². The first kappa shape index (κ1) is 13.7. The predicted octanol–water partition coefficient (Wildman–Crippen LogP) is 4.55. The SMILES string of the molecule is C1=CC(Nc2ccnc(-c3ccc(-c4ccncc4)cc3)c2)C1. The average Bonchev–Trinajstić information content (AvgIpc) is 2.59. The van der Waals surface area contributed by atoms with Crippen LogP contribution < -0.4 is 5.32 Å². The maximum atomic E-state index is 4.50. The Hall–Kier alpha value is -2.94. The highest BCUT2D eigenvalue weighted by Crippen LogP contribution is 2.25. The lowest BCUT2D eigenvalue weighted by Crippen LogP contribution is -2.21. The van der Waals surface area contributed by atoms with Crippen molar-refractivity contribution in [2.75, 3.05) is 5.32 Å². The first-order valence-corrected chi connectivity index (χ1v) is 7.78. The molecule has 112 valence electrons. The fourth-order valence-electron chi connectivity index (χ4n) is 2.65. The number of hydrogen-bond donors (Lipinski definition) is 1. The summed E-state index contributed by atoms with van der Waals surface area (Å²) in [6.07, 6.45) is 10.9. The summed E-state index contributed by atoms with van der Waals surface area (Å²) in [5, 5.41) is 3.49. The normalized spacial score (nSPS) is 15.9. The summed E-state index contributed by atoms with van der Waals surface area (Å²) in [4.78, 5) is 8.55. The first-order valence-electron chi connectivity index (χ1n) is 7.78. The van der Waals surface area contributed by atoms with Gasteiger partial charge in [0, 0.05) is 35.9 Å². The maximum absolute atomic E-state index is 4.50. The lowest BCUT2D eigenvalue weighted by molar-refractivity contribution is 0.823. The van der Waals surface area contributed by atoms with Gasteiger partial charge < -0.3 is 5.32 Å². The molecule has 0 radical (unpaired) electrons. The Morgan fingerprint density at radius 2 is 1.52 bits per heavy atom. The van der Waals surface area contributed by atoms with Crippen LogP contribution in [0.2, 0.25) is 0 Å². The molecule has 4 rings (SSSR count). The van der Waals surface area contributed by atoms with E-state index in [1.165, 1.54) is 11.1 Å². The lowest BCUT2D eigenvalue weighted by Gasteiger charge is -2.20. The summed E-state index contributed by atoms with van der Waals surface area (Å²) in [5.41, 5.74) is 5.58. The van der Waals surface area contributed by atoms with Gasteiger partial charge in [-0.2, -0.15) is 0 Å². The molecule has 2 aromatic heterocycles. The number of hydrogen-bond acceptors (Lipinski definition) is 3. The molecule has 0 saturated carbocycles. The molecule has 0 saturated heterocycles. The van der Waals surface area contributed by atoms with Crippen molar-refractivity contribution < 1.29 is 0 Å². The van der Waals surface area contributed by atoms with Crippen LogP contribution >= 0.6 is 0 Å². The van der Waals surface area contributed by atoms with Gasteiger partial charge in [0.15, 0.2) is 0 Å². The van der Waals surface area contributed by atoms with Crippen LogP contribution in [0.5, 0.6) is 0 Å². The summed E-state index contributed by atoms with van der Waals surface area (Å²) < 4.78 is 0. The molecule has 1 N–H and O–H groups in total. The van der Waals surface area contributed by atoms with Crippen LogP contribution in [0.25, 0.3) is 22.4 Å². The Bertz CT molecular complexity index is 823. The second-order valence-electron chi connectivity index (χ2n) is 5.66. The Morgan fingerprint density at radius 1 is 0.826 bits per heavy atom. The molecule has 2 heterocycles. The molecule has 1 aromatic carbocycles. The van der Waals surface area contributed by atoms with Crippen molar-refractivity contribution in [1.82, 2.24) is 9.97 Å². The minimum absolute atomic E-state index is 0.458. The Labute approximate surface area is 135 Å². The van der Waals surface area contributed by atoms with Gasteiger partial charge in [-0.1, -0.05) is 36.4 Å². The van der Waals surface area contributed by atoms with Crippen LogP contribution in [0.15, 0.2) is 79.3 Å². The second-order valence-corrected chi connectivity index (χ2v) is 5.66. The molecule has 0 aliphatic heterocycles. The van der Waals surface area contributed by atoms with E-state index in [2.05, 4.69) is 57.8 Å². The van der Waals surface area contributed by atoms with Gasteiger partial charge in [-0.25, -0.2) is 0 Å². The zero-order valence-corrected chi connectivity index (χ0v) is 12.7. The number of nitrogens with one attached hydrogen (secondary N) is 1. The summed E-state index contributed by atoms with van der Waals surface area (Å²) in [6.45, 7) is 0. The van der Waals surface area contributed by atoms with Gasteiger partial charge in [-0.05, 0) is 41.8 Å². The standard InChI is InChI=1S/C20H17N3/c1-2-18(3-1)23-19-10-13-22-20(14-19)17-6-4-15(5-7-17)16-8-11-21-12-9-16/h1-2,4-14,18H,3H2,(H,22,23). The number of rotatable bonds is 4. The second kappa shape index (κ2) is 6.05. The molecule has 0 bridgehead atoms. The van der Waals surface area contributed by atoms with Gasteiger partial charge in [0.05, 0.1) is 5.69 Å². The van der Waals surface area contributed by atoms with Crippen LogP contribution in [0.1, 0.15) is 6.42 Å². The van der Waals surface area contributed by atoms with Crippen molar-refractivity contribution >= 4 is 5.69 Å². The summed E-state index contributed by atoms with van der Waals surface area (Å²) in [7, 11) is 0. The van der Waals surface area contributed by atoms with E-state index >= 15 is 0 Å². The molecule has 0 spiro atoms. The van der Waals surface area contributed by atoms with E-state index in [0.29, 0.717) is 6.04 Å². The molecule has 1 unspecified atom stereocenters. The maximum Gasteiger partial charge on any atom is 0.0722 e. The Kier molecular flexibility index (Phi) is 3.60. The molecule has 1 aliphatic rings. The van der Waals surface area contributed by atoms with Gasteiger partial charge in [-0.15, -0.1) is 0 Å². The molecular formula is C20H17N3. The van der Waals surface area contributed by atoms with E-state index in [-0.39, 0.29) is 0 Å². The Balaban J connectivity index is 1.58. The van der Waals surface area contributed by atoms with Gasteiger partial charge in [0.25, 0.3) is 0 Å². The average molecular weight is 299 g/mol. The molecule has 3 nitrogen and oxygen atoms in total. The van der Waals surface area contributed by atoms with Crippen molar-refractivity contribution in [2.24, 2.45) is 0 Å². The van der Waals surface area contributed by atoms with Crippen molar-refractivity contribution in [2.45, 2.75) is 12.5 Å². The number of nitrogens with zero attached hydrogens (tertiary/aromatic N) is 2. The summed E-state index contributed by atoms with van der Waals surface area (Å²) in [6, 6.07) is 17.1. The predicted molar refractivity (Wildman–Crippen MR) is 94.1 cm³/mol. The summed E-state index contributed by atoms with van der Waals surface area (Å²) in [5.74, 6) is 0. The number of anilines is 1. The lowest BCUT2D eigenvalue weighted by atomic mass is 10.0. The third-order valence-electron chi connectivity index (χ3n) is 4.06. The molecular weight excluding hydrogens is 282 g/mol. The zero-order chi connectivity index (χ0) is 15.5. The van der Waals surface area contributed by atoms with Crippen LogP contribution in [0.4, 0.5) is 5.69 Å². The summed E-state index contributed by atoms with van der Waals surface area (Å²) >= 11 is 0. The molecule has 1 aliphatic carbocycles. The van der Waals surface area contributed by atoms with Gasteiger partial charge in [0.1, 0.15) is 0 Å². The minimum Gasteiger partial charge on any atom is -0.378 e. The number of pyridine rings is 2. The molecule has 1 atom stereocenters. The third kappa shape index (κ3) is 2.99. The third-order valence-corrected chi connectivity index (χ3v) is 4.06. The van der Waals surface area contributed by atoms with Crippen LogP contribution in [-0.4, -0.2) is 16.0 Å². The van der Waals surface area contributed by atoms with Crippen molar-refractivity contribution in [3.05, 3.63) is 79.3 Å². The topological polar surface area (TPSA) is 37.8 Å². The quantitative estimate of drug-likeness (QED) is 0.718. The highest BCUT2D eigenvalue weighted by atomic mass is 14.9.